The normalized spacial score (nSPS) is 33.6. The fourth-order valence-corrected chi connectivity index (χ4v) is 3.19. The van der Waals surface area contributed by atoms with Crippen molar-refractivity contribution < 1.29 is 4.87 Å². The molecule has 0 radical (unpaired) electrons. The van der Waals surface area contributed by atoms with Crippen molar-refractivity contribution in [2.45, 2.75) is 70.6 Å². The molecule has 0 aromatic heterocycles. The molecule has 0 bridgehead atoms. The highest BCUT2D eigenvalue weighted by atomic mass is 16.3. The fraction of sp³-hybridized carbons (Fsp3) is 0.929. The van der Waals surface area contributed by atoms with Crippen LogP contribution in [0.5, 0.6) is 0 Å². The first-order valence-corrected chi connectivity index (χ1v) is 7.49. The van der Waals surface area contributed by atoms with Crippen LogP contribution in [-0.2, 0) is 0 Å². The molecule has 1 aliphatic heterocycles. The van der Waals surface area contributed by atoms with Crippen molar-refractivity contribution in [1.29, 1.82) is 5.26 Å². The lowest BCUT2D eigenvalue weighted by molar-refractivity contribution is -0.663. The number of nitrogens with zero attached hydrogens (tertiary/aromatic N) is 3. The second-order valence-electron chi connectivity index (χ2n) is 6.07. The van der Waals surface area contributed by atoms with Crippen LogP contribution in [0.15, 0.2) is 0 Å². The average molecular weight is 265 g/mol. The smallest absolute Gasteiger partial charge is 0.223 e. The first kappa shape index (κ1) is 14.3. The van der Waals surface area contributed by atoms with E-state index < -0.39 is 0 Å². The Kier molecular flexibility index (Phi) is 4.76. The van der Waals surface area contributed by atoms with Crippen molar-refractivity contribution in [2.24, 2.45) is 5.92 Å². The van der Waals surface area contributed by atoms with Gasteiger partial charge < -0.3 is 0 Å². The highest BCUT2D eigenvalue weighted by Gasteiger charge is 2.38. The molecule has 1 heterocycles. The summed E-state index contributed by atoms with van der Waals surface area (Å²) in [5.41, 5.74) is 3.09. The molecule has 2 aliphatic rings. The first-order chi connectivity index (χ1) is 9.11. The molecule has 0 aromatic carbocycles. The van der Waals surface area contributed by atoms with Crippen LogP contribution in [0.25, 0.3) is 0 Å². The van der Waals surface area contributed by atoms with Crippen LogP contribution < -0.4 is 5.43 Å². The van der Waals surface area contributed by atoms with Gasteiger partial charge in [0.15, 0.2) is 0 Å². The predicted molar refractivity (Wildman–Crippen MR) is 73.0 cm³/mol. The topological polar surface area (TPSA) is 59.1 Å². The third-order valence-corrected chi connectivity index (χ3v) is 4.59. The van der Waals surface area contributed by atoms with Gasteiger partial charge >= 0.3 is 0 Å². The van der Waals surface area contributed by atoms with Crippen LogP contribution in [0, 0.1) is 22.2 Å². The van der Waals surface area contributed by atoms with E-state index in [1.807, 2.05) is 11.8 Å². The molecule has 0 spiro atoms. The zero-order valence-electron chi connectivity index (χ0n) is 12.0. The van der Waals surface area contributed by atoms with Crippen molar-refractivity contribution >= 4 is 0 Å². The Morgan fingerprint density at radius 1 is 1.32 bits per heavy atom. The number of nitroso groups, excluding NO2 is 1. The highest BCUT2D eigenvalue weighted by molar-refractivity contribution is 4.96. The zero-order valence-corrected chi connectivity index (χ0v) is 12.0. The molecule has 1 saturated carbocycles. The SMILES string of the molecule is CC1CCC(N[N+](=O)C(C)N2CCCC2C#N)CC1. The molecule has 106 valence electrons. The maximum Gasteiger partial charge on any atom is 0.288 e. The minimum Gasteiger partial charge on any atom is -0.223 e. The van der Waals surface area contributed by atoms with Gasteiger partial charge in [0.1, 0.15) is 10.9 Å². The van der Waals surface area contributed by atoms with E-state index in [1.54, 1.807) is 0 Å². The van der Waals surface area contributed by atoms with Crippen molar-refractivity contribution in [3.63, 3.8) is 0 Å². The van der Waals surface area contributed by atoms with E-state index in [-0.39, 0.29) is 12.2 Å². The largest absolute Gasteiger partial charge is 0.288 e. The third-order valence-electron chi connectivity index (χ3n) is 4.59. The molecule has 1 saturated heterocycles. The van der Waals surface area contributed by atoms with Crippen LogP contribution in [0.1, 0.15) is 52.4 Å². The zero-order chi connectivity index (χ0) is 13.8. The molecule has 19 heavy (non-hydrogen) atoms. The summed E-state index contributed by atoms with van der Waals surface area (Å²) in [5.74, 6) is 0.789. The van der Waals surface area contributed by atoms with Gasteiger partial charge in [0, 0.05) is 13.5 Å². The molecular formula is C14H25N4O+. The predicted octanol–water partition coefficient (Wildman–Crippen LogP) is 2.18. The number of hydrogen-bond donors (Lipinski definition) is 1. The standard InChI is InChI=1S/C14H25N4O/c1-11-5-7-13(8-6-11)16-18(19)12(2)17-9-3-4-14(17)10-15/h11-14H,3-9H2,1-2H3,(H,16,19)/q+1. The first-order valence-electron chi connectivity index (χ1n) is 7.49. The number of hydrazine groups is 1. The minimum atomic E-state index is -0.258. The fourth-order valence-electron chi connectivity index (χ4n) is 3.19. The van der Waals surface area contributed by atoms with E-state index in [4.69, 9.17) is 5.26 Å². The van der Waals surface area contributed by atoms with E-state index in [1.165, 1.54) is 12.8 Å². The number of likely N-dealkylation sites (tertiary alicyclic amines) is 1. The Labute approximate surface area is 115 Å². The Morgan fingerprint density at radius 2 is 2.00 bits per heavy atom. The second kappa shape index (κ2) is 6.33. The Balaban J connectivity index is 1.84. The van der Waals surface area contributed by atoms with Crippen LogP contribution in [0.4, 0.5) is 0 Å². The van der Waals surface area contributed by atoms with Crippen LogP contribution in [0.3, 0.4) is 0 Å². The molecule has 1 N–H and O–H groups in total. The summed E-state index contributed by atoms with van der Waals surface area (Å²) in [5, 5.41) is 9.09. The van der Waals surface area contributed by atoms with Crippen molar-refractivity contribution in [1.82, 2.24) is 10.3 Å². The van der Waals surface area contributed by atoms with Gasteiger partial charge in [-0.05, 0) is 44.4 Å². The number of hydrogen-bond acceptors (Lipinski definition) is 3. The molecule has 2 atom stereocenters. The third kappa shape index (κ3) is 3.44. The molecule has 5 nitrogen and oxygen atoms in total. The van der Waals surface area contributed by atoms with Crippen molar-refractivity contribution in [2.75, 3.05) is 6.54 Å². The van der Waals surface area contributed by atoms with E-state index in [0.29, 0.717) is 6.04 Å². The monoisotopic (exact) mass is 265 g/mol. The molecule has 0 aromatic rings. The van der Waals surface area contributed by atoms with Gasteiger partial charge in [0.2, 0.25) is 0 Å². The molecular weight excluding hydrogens is 240 g/mol. The molecule has 1 aliphatic carbocycles. The van der Waals surface area contributed by atoms with Gasteiger partial charge in [-0.15, -0.1) is 5.43 Å². The number of rotatable bonds is 4. The van der Waals surface area contributed by atoms with E-state index in [0.717, 1.165) is 43.0 Å². The summed E-state index contributed by atoms with van der Waals surface area (Å²) in [6.07, 6.45) is 6.19. The van der Waals surface area contributed by atoms with Crippen LogP contribution in [-0.4, -0.2) is 34.6 Å². The lowest BCUT2D eigenvalue weighted by Gasteiger charge is -2.26. The summed E-state index contributed by atoms with van der Waals surface area (Å²) in [7, 11) is 0. The van der Waals surface area contributed by atoms with Gasteiger partial charge in [-0.25, -0.2) is 4.90 Å². The van der Waals surface area contributed by atoms with Crippen LogP contribution in [0.2, 0.25) is 0 Å². The van der Waals surface area contributed by atoms with Crippen molar-refractivity contribution in [3.05, 3.63) is 4.91 Å². The molecule has 5 heteroatoms. The lowest BCUT2D eigenvalue weighted by Crippen LogP contribution is -2.50. The quantitative estimate of drug-likeness (QED) is 0.625. The summed E-state index contributed by atoms with van der Waals surface area (Å²) >= 11 is 0. The summed E-state index contributed by atoms with van der Waals surface area (Å²) in [4.78, 5) is 15.2. The molecule has 2 fully saturated rings. The minimum absolute atomic E-state index is 0.0976. The summed E-state index contributed by atoms with van der Waals surface area (Å²) in [6, 6.07) is 2.50. The molecule has 0 amide bonds. The number of nitrogens with one attached hydrogen (secondary N) is 1. The van der Waals surface area contributed by atoms with Gasteiger partial charge in [0.25, 0.3) is 6.17 Å². The maximum absolute atomic E-state index is 12.2. The Bertz CT molecular complexity index is 357. The van der Waals surface area contributed by atoms with E-state index in [2.05, 4.69) is 18.4 Å². The summed E-state index contributed by atoms with van der Waals surface area (Å²) < 4.78 is 0. The Morgan fingerprint density at radius 3 is 2.63 bits per heavy atom. The van der Waals surface area contributed by atoms with Gasteiger partial charge in [-0.3, -0.25) is 0 Å². The summed E-state index contributed by atoms with van der Waals surface area (Å²) in [6.45, 7) is 5.01. The van der Waals surface area contributed by atoms with E-state index >= 15 is 0 Å². The number of nitriles is 1. The molecule has 2 unspecified atom stereocenters. The van der Waals surface area contributed by atoms with Crippen LogP contribution >= 0.6 is 0 Å². The maximum atomic E-state index is 12.2. The Hall–Kier alpha value is -1.15. The van der Waals surface area contributed by atoms with E-state index in [9.17, 15) is 4.91 Å². The van der Waals surface area contributed by atoms with Gasteiger partial charge in [-0.2, -0.15) is 5.26 Å². The second-order valence-corrected chi connectivity index (χ2v) is 6.07. The highest BCUT2D eigenvalue weighted by Crippen LogP contribution is 2.24. The average Bonchev–Trinajstić information content (AvgIpc) is 2.88. The van der Waals surface area contributed by atoms with Crippen molar-refractivity contribution in [3.8, 4) is 6.07 Å². The molecule has 2 rings (SSSR count). The van der Waals surface area contributed by atoms with Gasteiger partial charge in [-0.1, -0.05) is 6.92 Å². The van der Waals surface area contributed by atoms with Gasteiger partial charge in [0.05, 0.1) is 17.0 Å². The lowest BCUT2D eigenvalue weighted by atomic mass is 9.88.